The molecule has 0 radical (unpaired) electrons. The van der Waals surface area contributed by atoms with Crippen molar-refractivity contribution < 1.29 is 23.7 Å². The van der Waals surface area contributed by atoms with E-state index < -0.39 is 30.3 Å². The van der Waals surface area contributed by atoms with Crippen LogP contribution >= 0.6 is 7.14 Å². The molecule has 6 heteroatoms. The van der Waals surface area contributed by atoms with Gasteiger partial charge in [0.1, 0.15) is 6.16 Å². The van der Waals surface area contributed by atoms with Gasteiger partial charge >= 0.3 is 5.97 Å². The van der Waals surface area contributed by atoms with Crippen molar-refractivity contribution in [3.05, 3.63) is 68.8 Å². The van der Waals surface area contributed by atoms with E-state index in [0.717, 1.165) is 17.5 Å². The molecular weight excluding hydrogens is 423 g/mol. The highest BCUT2D eigenvalue weighted by Crippen LogP contribution is 2.53. The molecule has 2 rings (SSSR count). The maximum Gasteiger partial charge on any atom is 0.314 e. The molecule has 0 saturated heterocycles. The third-order valence-electron chi connectivity index (χ3n) is 5.55. The summed E-state index contributed by atoms with van der Waals surface area (Å²) in [5, 5.41) is 0. The third kappa shape index (κ3) is 5.45. The summed E-state index contributed by atoms with van der Waals surface area (Å²) in [6.45, 7) is 13.0. The average molecular weight is 457 g/mol. The fourth-order valence-electron chi connectivity index (χ4n) is 4.19. The van der Waals surface area contributed by atoms with Crippen molar-refractivity contribution in [1.82, 2.24) is 0 Å². The highest BCUT2D eigenvalue weighted by atomic mass is 31.2. The van der Waals surface area contributed by atoms with Crippen LogP contribution in [-0.4, -0.2) is 29.8 Å². The first-order valence-electron chi connectivity index (χ1n) is 10.9. The van der Waals surface area contributed by atoms with Gasteiger partial charge < -0.3 is 9.30 Å². The standard InChI is InChI=1S/C26H33O5P/c1-8-9-10-31-22(27)15-32(30,25(28)23-18(4)11-16(2)12-19(23)5)26(29)24-20(6)13-17(3)14-21(24)7/h11-14H,8-10,15H2,1-7H3. The topological polar surface area (TPSA) is 77.5 Å². The number of hydrogen-bond acceptors (Lipinski definition) is 5. The quantitative estimate of drug-likeness (QED) is 0.254. The van der Waals surface area contributed by atoms with Crippen LogP contribution in [0.3, 0.4) is 0 Å². The second-order valence-electron chi connectivity index (χ2n) is 8.63. The predicted molar refractivity (Wildman–Crippen MR) is 128 cm³/mol. The van der Waals surface area contributed by atoms with E-state index in [4.69, 9.17) is 4.74 Å². The molecule has 0 N–H and O–H groups in total. The van der Waals surface area contributed by atoms with E-state index in [2.05, 4.69) is 0 Å². The molecule has 2 aromatic rings. The highest BCUT2D eigenvalue weighted by Gasteiger charge is 2.45. The molecule has 0 aromatic heterocycles. The Morgan fingerprint density at radius 2 is 1.12 bits per heavy atom. The van der Waals surface area contributed by atoms with Gasteiger partial charge in [0, 0.05) is 11.1 Å². The predicted octanol–water partition coefficient (Wildman–Crippen LogP) is 6.22. The number of esters is 1. The van der Waals surface area contributed by atoms with Crippen LogP contribution in [0, 0.1) is 41.5 Å². The lowest BCUT2D eigenvalue weighted by atomic mass is 10.0. The molecule has 0 heterocycles. The summed E-state index contributed by atoms with van der Waals surface area (Å²) in [6.07, 6.45) is 0.754. The highest BCUT2D eigenvalue weighted by molar-refractivity contribution is 7.96. The molecule has 0 amide bonds. The van der Waals surface area contributed by atoms with Gasteiger partial charge in [-0.25, -0.2) is 0 Å². The summed E-state index contributed by atoms with van der Waals surface area (Å²) in [5.74, 6) is -0.784. The summed E-state index contributed by atoms with van der Waals surface area (Å²) in [4.78, 5) is 39.9. The number of ether oxygens (including phenoxy) is 1. The zero-order valence-corrected chi connectivity index (χ0v) is 21.0. The van der Waals surface area contributed by atoms with Gasteiger partial charge in [0.15, 0.2) is 0 Å². The average Bonchev–Trinajstić information content (AvgIpc) is 2.66. The summed E-state index contributed by atoms with van der Waals surface area (Å²) >= 11 is 0. The van der Waals surface area contributed by atoms with Crippen LogP contribution < -0.4 is 0 Å². The second-order valence-corrected chi connectivity index (χ2v) is 11.2. The van der Waals surface area contributed by atoms with Gasteiger partial charge in [-0.3, -0.25) is 14.4 Å². The summed E-state index contributed by atoms with van der Waals surface area (Å²) in [5.41, 5.74) is 3.41. The van der Waals surface area contributed by atoms with Crippen molar-refractivity contribution in [1.29, 1.82) is 0 Å². The monoisotopic (exact) mass is 456 g/mol. The van der Waals surface area contributed by atoms with Crippen LogP contribution in [-0.2, 0) is 14.1 Å². The maximum absolute atomic E-state index is 14.2. The van der Waals surface area contributed by atoms with Gasteiger partial charge in [0.2, 0.25) is 18.2 Å². The number of rotatable bonds is 9. The van der Waals surface area contributed by atoms with Crippen LogP contribution in [0.15, 0.2) is 24.3 Å². The molecule has 0 fully saturated rings. The first-order chi connectivity index (χ1) is 14.9. The Labute approximate surface area is 190 Å². The van der Waals surface area contributed by atoms with E-state index in [1.165, 1.54) is 0 Å². The van der Waals surface area contributed by atoms with Gasteiger partial charge in [0.05, 0.1) is 6.61 Å². The number of carbonyl (C=O) groups is 3. The number of unbranched alkanes of at least 4 members (excludes halogenated alkanes) is 1. The van der Waals surface area contributed by atoms with Crippen molar-refractivity contribution in [3.8, 4) is 0 Å². The molecule has 0 aliphatic carbocycles. The Bertz CT molecular complexity index is 994. The minimum absolute atomic E-state index is 0.170. The van der Waals surface area contributed by atoms with E-state index in [0.29, 0.717) is 28.7 Å². The van der Waals surface area contributed by atoms with Crippen molar-refractivity contribution in [3.63, 3.8) is 0 Å². The molecule has 5 nitrogen and oxygen atoms in total. The van der Waals surface area contributed by atoms with E-state index in [1.807, 2.05) is 45.0 Å². The van der Waals surface area contributed by atoms with Gasteiger partial charge in [-0.05, 0) is 70.2 Å². The third-order valence-corrected chi connectivity index (χ3v) is 8.01. The van der Waals surface area contributed by atoms with E-state index in [9.17, 15) is 18.9 Å². The molecule has 0 atom stereocenters. The van der Waals surface area contributed by atoms with E-state index in [-0.39, 0.29) is 17.7 Å². The largest absolute Gasteiger partial charge is 0.465 e. The first-order valence-corrected chi connectivity index (χ1v) is 12.8. The Kier molecular flexibility index (Phi) is 8.36. The zero-order chi connectivity index (χ0) is 24.2. The van der Waals surface area contributed by atoms with E-state index in [1.54, 1.807) is 27.7 Å². The zero-order valence-electron chi connectivity index (χ0n) is 20.1. The number of carbonyl (C=O) groups excluding carboxylic acids is 3. The smallest absolute Gasteiger partial charge is 0.314 e. The Morgan fingerprint density at radius 3 is 1.47 bits per heavy atom. The number of hydrogen-bond donors (Lipinski definition) is 0. The lowest BCUT2D eigenvalue weighted by Gasteiger charge is -2.20. The molecule has 0 unspecified atom stereocenters. The van der Waals surface area contributed by atoms with E-state index >= 15 is 0 Å². The minimum atomic E-state index is -4.34. The molecular formula is C26H33O5P. The molecule has 2 aromatic carbocycles. The minimum Gasteiger partial charge on any atom is -0.465 e. The molecule has 0 aliphatic heterocycles. The normalized spacial score (nSPS) is 11.3. The second kappa shape index (κ2) is 10.4. The van der Waals surface area contributed by atoms with Gasteiger partial charge in [-0.2, -0.15) is 0 Å². The van der Waals surface area contributed by atoms with Crippen LogP contribution in [0.5, 0.6) is 0 Å². The molecule has 0 bridgehead atoms. The fourth-order valence-corrected chi connectivity index (χ4v) is 6.54. The first kappa shape index (κ1) is 25.7. The summed E-state index contributed by atoms with van der Waals surface area (Å²) in [6, 6.07) is 7.27. The van der Waals surface area contributed by atoms with Gasteiger partial charge in [-0.15, -0.1) is 0 Å². The lowest BCUT2D eigenvalue weighted by Crippen LogP contribution is -2.22. The number of benzene rings is 2. The Morgan fingerprint density at radius 1 is 0.750 bits per heavy atom. The molecule has 0 saturated carbocycles. The van der Waals surface area contributed by atoms with Crippen molar-refractivity contribution >= 4 is 24.2 Å². The maximum atomic E-state index is 14.2. The van der Waals surface area contributed by atoms with Crippen molar-refractivity contribution in [2.45, 2.75) is 61.3 Å². The fraction of sp³-hybridized carbons (Fsp3) is 0.423. The molecule has 0 aliphatic rings. The molecule has 32 heavy (non-hydrogen) atoms. The van der Waals surface area contributed by atoms with Crippen molar-refractivity contribution in [2.75, 3.05) is 12.8 Å². The van der Waals surface area contributed by atoms with Crippen LogP contribution in [0.1, 0.15) is 73.9 Å². The van der Waals surface area contributed by atoms with Gasteiger partial charge in [-0.1, -0.05) is 48.7 Å². The Hall–Kier alpha value is -2.52. The summed E-state index contributed by atoms with van der Waals surface area (Å²) < 4.78 is 19.4. The lowest BCUT2D eigenvalue weighted by molar-refractivity contribution is -0.140. The van der Waals surface area contributed by atoms with Gasteiger partial charge in [0.25, 0.3) is 0 Å². The van der Waals surface area contributed by atoms with Crippen LogP contribution in [0.25, 0.3) is 0 Å². The molecule has 172 valence electrons. The number of aryl methyl sites for hydroxylation is 6. The van der Waals surface area contributed by atoms with Crippen molar-refractivity contribution in [2.24, 2.45) is 0 Å². The summed E-state index contributed by atoms with van der Waals surface area (Å²) in [7, 11) is -4.34. The molecule has 0 spiro atoms. The Balaban J connectivity index is 2.63. The SMILES string of the molecule is CCCCOC(=O)CP(=O)(C(=O)c1c(C)cc(C)cc1C)C(=O)c1c(C)cc(C)cc1C. The van der Waals surface area contributed by atoms with Crippen LogP contribution in [0.4, 0.5) is 0 Å². The van der Waals surface area contributed by atoms with Crippen LogP contribution in [0.2, 0.25) is 0 Å².